The van der Waals surface area contributed by atoms with Gasteiger partial charge in [0.2, 0.25) is 10.0 Å². The normalized spacial score (nSPS) is 25.0. The number of nitrogens with zero attached hydrogens (tertiary/aromatic N) is 1. The Morgan fingerprint density at radius 3 is 2.85 bits per heavy atom. The number of aryl methyl sites for hydroxylation is 1. The van der Waals surface area contributed by atoms with E-state index in [0.29, 0.717) is 23.5 Å². The standard InChI is InChI=1S/C13H21NO4S2/c1-10-8-19-11(7-15)12(10)20(16,17)14-6-4-5-13(2,9-14)18-3/h8,15H,4-7,9H2,1-3H3. The van der Waals surface area contributed by atoms with Gasteiger partial charge in [0.1, 0.15) is 4.90 Å². The Morgan fingerprint density at radius 1 is 1.55 bits per heavy atom. The van der Waals surface area contributed by atoms with E-state index in [1.165, 1.54) is 15.6 Å². The number of piperidine rings is 1. The third-order valence-electron chi connectivity index (χ3n) is 3.85. The van der Waals surface area contributed by atoms with Crippen LogP contribution in [0.3, 0.4) is 0 Å². The second kappa shape index (κ2) is 5.73. The van der Waals surface area contributed by atoms with Crippen LogP contribution in [0.15, 0.2) is 10.3 Å². The highest BCUT2D eigenvalue weighted by molar-refractivity contribution is 7.89. The van der Waals surface area contributed by atoms with Crippen LogP contribution in [0.4, 0.5) is 0 Å². The molecule has 1 unspecified atom stereocenters. The smallest absolute Gasteiger partial charge is 0.244 e. The fraction of sp³-hybridized carbons (Fsp3) is 0.692. The molecule has 1 aliphatic rings. The summed E-state index contributed by atoms with van der Waals surface area (Å²) in [5.74, 6) is 0. The molecule has 114 valence electrons. The van der Waals surface area contributed by atoms with Gasteiger partial charge in [0.05, 0.1) is 17.1 Å². The molecule has 1 N–H and O–H groups in total. The molecule has 0 aliphatic carbocycles. The van der Waals surface area contributed by atoms with Gasteiger partial charge < -0.3 is 9.84 Å². The number of methoxy groups -OCH3 is 1. The van der Waals surface area contributed by atoms with E-state index in [1.54, 1.807) is 19.4 Å². The Bertz CT molecular complexity index is 581. The number of rotatable bonds is 4. The molecule has 0 aromatic carbocycles. The van der Waals surface area contributed by atoms with E-state index in [2.05, 4.69) is 0 Å². The van der Waals surface area contributed by atoms with Crippen LogP contribution in [-0.4, -0.2) is 43.6 Å². The van der Waals surface area contributed by atoms with Gasteiger partial charge in [-0.05, 0) is 37.6 Å². The molecule has 7 heteroatoms. The first-order valence-corrected chi connectivity index (χ1v) is 8.89. The van der Waals surface area contributed by atoms with Crippen molar-refractivity contribution in [2.75, 3.05) is 20.2 Å². The van der Waals surface area contributed by atoms with Crippen molar-refractivity contribution in [3.05, 3.63) is 15.8 Å². The summed E-state index contributed by atoms with van der Waals surface area (Å²) in [5.41, 5.74) is 0.262. The van der Waals surface area contributed by atoms with Crippen molar-refractivity contribution < 1.29 is 18.3 Å². The predicted molar refractivity (Wildman–Crippen MR) is 78.4 cm³/mol. The zero-order valence-electron chi connectivity index (χ0n) is 12.0. The molecule has 0 spiro atoms. The summed E-state index contributed by atoms with van der Waals surface area (Å²) in [6.45, 7) is 4.31. The summed E-state index contributed by atoms with van der Waals surface area (Å²) in [4.78, 5) is 0.776. The lowest BCUT2D eigenvalue weighted by molar-refractivity contribution is -0.0319. The minimum absolute atomic E-state index is 0.248. The topological polar surface area (TPSA) is 66.8 Å². The molecule has 20 heavy (non-hydrogen) atoms. The lowest BCUT2D eigenvalue weighted by Crippen LogP contribution is -2.49. The number of sulfonamides is 1. The number of ether oxygens (including phenoxy) is 1. The Labute approximate surface area is 124 Å². The Hall–Kier alpha value is -0.470. The van der Waals surface area contributed by atoms with Crippen molar-refractivity contribution in [1.82, 2.24) is 4.31 Å². The van der Waals surface area contributed by atoms with Gasteiger partial charge in [-0.2, -0.15) is 4.31 Å². The van der Waals surface area contributed by atoms with Crippen LogP contribution in [0.2, 0.25) is 0 Å². The molecule has 0 saturated carbocycles. The fourth-order valence-corrected chi connectivity index (χ4v) is 5.81. The van der Waals surface area contributed by atoms with Crippen molar-refractivity contribution in [3.63, 3.8) is 0 Å². The number of hydrogen-bond donors (Lipinski definition) is 1. The summed E-state index contributed by atoms with van der Waals surface area (Å²) in [6.07, 6.45) is 1.63. The van der Waals surface area contributed by atoms with Gasteiger partial charge in [-0.3, -0.25) is 0 Å². The minimum atomic E-state index is -3.57. The maximum absolute atomic E-state index is 12.8. The molecule has 1 atom stereocenters. The van der Waals surface area contributed by atoms with Crippen LogP contribution in [0, 0.1) is 6.92 Å². The van der Waals surface area contributed by atoms with E-state index >= 15 is 0 Å². The van der Waals surface area contributed by atoms with Crippen LogP contribution < -0.4 is 0 Å². The maximum Gasteiger partial charge on any atom is 0.244 e. The molecule has 1 aromatic heterocycles. The van der Waals surface area contributed by atoms with Crippen LogP contribution in [0.1, 0.15) is 30.2 Å². The third kappa shape index (κ3) is 2.78. The molecule has 1 saturated heterocycles. The molecule has 0 bridgehead atoms. The van der Waals surface area contributed by atoms with Gasteiger partial charge in [0, 0.05) is 20.2 Å². The highest BCUT2D eigenvalue weighted by atomic mass is 32.2. The van der Waals surface area contributed by atoms with Gasteiger partial charge in [0.15, 0.2) is 0 Å². The summed E-state index contributed by atoms with van der Waals surface area (Å²) >= 11 is 1.29. The van der Waals surface area contributed by atoms with Crippen molar-refractivity contribution in [3.8, 4) is 0 Å². The maximum atomic E-state index is 12.8. The predicted octanol–water partition coefficient (Wildman–Crippen LogP) is 1.74. The summed E-state index contributed by atoms with van der Waals surface area (Å²) in [7, 11) is -1.95. The first-order chi connectivity index (χ1) is 9.34. The van der Waals surface area contributed by atoms with Crippen LogP contribution in [-0.2, 0) is 21.4 Å². The highest BCUT2D eigenvalue weighted by Crippen LogP contribution is 2.33. The average molecular weight is 319 g/mol. The van der Waals surface area contributed by atoms with E-state index in [0.717, 1.165) is 12.8 Å². The molecule has 5 nitrogen and oxygen atoms in total. The number of thiophene rings is 1. The largest absolute Gasteiger partial charge is 0.391 e. The first-order valence-electron chi connectivity index (χ1n) is 6.57. The highest BCUT2D eigenvalue weighted by Gasteiger charge is 2.38. The summed E-state index contributed by atoms with van der Waals surface area (Å²) < 4.78 is 32.6. The molecular weight excluding hydrogens is 298 g/mol. The summed E-state index contributed by atoms with van der Waals surface area (Å²) in [6, 6.07) is 0. The van der Waals surface area contributed by atoms with Crippen LogP contribution in [0.25, 0.3) is 0 Å². The van der Waals surface area contributed by atoms with Gasteiger partial charge in [-0.1, -0.05) is 0 Å². The molecule has 1 aliphatic heterocycles. The monoisotopic (exact) mass is 319 g/mol. The molecule has 0 radical (unpaired) electrons. The lowest BCUT2D eigenvalue weighted by atomic mass is 9.96. The van der Waals surface area contributed by atoms with Gasteiger partial charge in [0.25, 0.3) is 0 Å². The molecule has 2 heterocycles. The van der Waals surface area contributed by atoms with Gasteiger partial charge in [-0.25, -0.2) is 8.42 Å². The van der Waals surface area contributed by atoms with Gasteiger partial charge >= 0.3 is 0 Å². The molecular formula is C13H21NO4S2. The SMILES string of the molecule is COC1(C)CCCN(S(=O)(=O)c2c(C)csc2CO)C1. The zero-order chi connectivity index (χ0) is 15.0. The first kappa shape index (κ1) is 15.9. The fourth-order valence-electron chi connectivity index (χ4n) is 2.60. The van der Waals surface area contributed by atoms with E-state index in [4.69, 9.17) is 4.74 Å². The van der Waals surface area contributed by atoms with E-state index < -0.39 is 15.6 Å². The van der Waals surface area contributed by atoms with Crippen molar-refractivity contribution in [2.24, 2.45) is 0 Å². The number of aliphatic hydroxyl groups excluding tert-OH is 1. The average Bonchev–Trinajstić information content (AvgIpc) is 2.80. The number of hydrogen-bond acceptors (Lipinski definition) is 5. The Morgan fingerprint density at radius 2 is 2.25 bits per heavy atom. The molecule has 1 fully saturated rings. The lowest BCUT2D eigenvalue weighted by Gasteiger charge is -2.38. The molecule has 1 aromatic rings. The Balaban J connectivity index is 2.37. The minimum Gasteiger partial charge on any atom is -0.391 e. The van der Waals surface area contributed by atoms with E-state index in [-0.39, 0.29) is 11.5 Å². The molecule has 2 rings (SSSR count). The van der Waals surface area contributed by atoms with Crippen LogP contribution >= 0.6 is 11.3 Å². The second-order valence-corrected chi connectivity index (χ2v) is 8.26. The van der Waals surface area contributed by atoms with Crippen molar-refractivity contribution in [1.29, 1.82) is 0 Å². The zero-order valence-corrected chi connectivity index (χ0v) is 13.7. The quantitative estimate of drug-likeness (QED) is 0.918. The van der Waals surface area contributed by atoms with E-state index in [1.807, 2.05) is 6.92 Å². The van der Waals surface area contributed by atoms with Crippen molar-refractivity contribution >= 4 is 21.4 Å². The summed E-state index contributed by atoms with van der Waals surface area (Å²) in [5, 5.41) is 11.1. The third-order valence-corrected chi connectivity index (χ3v) is 7.14. The van der Waals surface area contributed by atoms with Crippen molar-refractivity contribution in [2.45, 2.75) is 43.8 Å². The second-order valence-electron chi connectivity index (χ2n) is 5.43. The van der Waals surface area contributed by atoms with E-state index in [9.17, 15) is 13.5 Å². The van der Waals surface area contributed by atoms with Gasteiger partial charge in [-0.15, -0.1) is 11.3 Å². The molecule has 0 amide bonds. The Kier molecular flexibility index (Phi) is 4.56. The van der Waals surface area contributed by atoms with Crippen LogP contribution in [0.5, 0.6) is 0 Å². The number of aliphatic hydroxyl groups is 1.